The zero-order chi connectivity index (χ0) is 20.8. The predicted molar refractivity (Wildman–Crippen MR) is 118 cm³/mol. The molecule has 29 heavy (non-hydrogen) atoms. The quantitative estimate of drug-likeness (QED) is 0.557. The monoisotopic (exact) mass is 413 g/mol. The number of hydrogen-bond acceptors (Lipinski definition) is 6. The van der Waals surface area contributed by atoms with Gasteiger partial charge in [-0.2, -0.15) is 0 Å². The number of nitrogens with one attached hydrogen (secondary N) is 1. The Kier molecular flexibility index (Phi) is 6.93. The molecule has 0 aliphatic heterocycles. The zero-order valence-electron chi connectivity index (χ0n) is 17.3. The summed E-state index contributed by atoms with van der Waals surface area (Å²) in [4.78, 5) is 19.4. The molecule has 1 amide bonds. The van der Waals surface area contributed by atoms with E-state index in [1.54, 1.807) is 18.4 Å². The molecule has 3 rings (SSSR count). The van der Waals surface area contributed by atoms with E-state index < -0.39 is 0 Å². The highest BCUT2D eigenvalue weighted by molar-refractivity contribution is 7.22. The number of rotatable bonds is 9. The van der Waals surface area contributed by atoms with Crippen molar-refractivity contribution in [2.24, 2.45) is 0 Å². The molecule has 0 radical (unpaired) electrons. The van der Waals surface area contributed by atoms with Gasteiger partial charge >= 0.3 is 0 Å². The Morgan fingerprint density at radius 2 is 2.00 bits per heavy atom. The number of hydrogen-bond donors (Lipinski definition) is 1. The van der Waals surface area contributed by atoms with Gasteiger partial charge in [0.05, 0.1) is 23.9 Å². The molecular weight excluding hydrogens is 386 g/mol. The number of amides is 1. The van der Waals surface area contributed by atoms with Crippen LogP contribution in [-0.4, -0.2) is 42.1 Å². The molecule has 0 saturated heterocycles. The van der Waals surface area contributed by atoms with Gasteiger partial charge in [-0.25, -0.2) is 4.98 Å². The van der Waals surface area contributed by atoms with E-state index in [1.165, 1.54) is 0 Å². The Morgan fingerprint density at radius 1 is 1.21 bits per heavy atom. The summed E-state index contributed by atoms with van der Waals surface area (Å²) in [5.74, 6) is 1.41. The Bertz CT molecular complexity index is 940. The van der Waals surface area contributed by atoms with Gasteiger partial charge in [0.2, 0.25) is 5.91 Å². The number of fused-ring (bicyclic) bond motifs is 1. The number of aromatic nitrogens is 1. The summed E-state index contributed by atoms with van der Waals surface area (Å²) >= 11 is 1.55. The minimum absolute atomic E-state index is 0.0274. The van der Waals surface area contributed by atoms with E-state index in [2.05, 4.69) is 10.3 Å². The molecule has 0 bridgehead atoms. The van der Waals surface area contributed by atoms with Gasteiger partial charge in [-0.3, -0.25) is 4.79 Å². The van der Waals surface area contributed by atoms with Crippen LogP contribution in [0.25, 0.3) is 10.2 Å². The second-order valence-electron chi connectivity index (χ2n) is 6.62. The number of likely N-dealkylation sites (N-methyl/N-ethyl adjacent to an activating group) is 1. The first kappa shape index (κ1) is 20.9. The number of carbonyl (C=O) groups excluding carboxylic acids is 1. The van der Waals surface area contributed by atoms with Crippen LogP contribution in [0.2, 0.25) is 0 Å². The smallest absolute Gasteiger partial charge is 0.245 e. The van der Waals surface area contributed by atoms with Crippen LogP contribution < -0.4 is 14.8 Å². The Morgan fingerprint density at radius 3 is 2.69 bits per heavy atom. The van der Waals surface area contributed by atoms with Crippen molar-refractivity contribution in [1.82, 2.24) is 9.88 Å². The lowest BCUT2D eigenvalue weighted by molar-refractivity contribution is -0.132. The summed E-state index contributed by atoms with van der Waals surface area (Å²) < 4.78 is 12.1. The molecule has 0 aliphatic carbocycles. The van der Waals surface area contributed by atoms with Gasteiger partial charge in [0.1, 0.15) is 6.04 Å². The highest BCUT2D eigenvalue weighted by atomic mass is 32.1. The Balaban J connectivity index is 1.69. The highest BCUT2D eigenvalue weighted by Gasteiger charge is 2.21. The summed E-state index contributed by atoms with van der Waals surface area (Å²) in [6.45, 7) is 7.48. The van der Waals surface area contributed by atoms with E-state index in [-0.39, 0.29) is 11.9 Å². The fourth-order valence-electron chi connectivity index (χ4n) is 3.11. The second-order valence-corrected chi connectivity index (χ2v) is 7.65. The van der Waals surface area contributed by atoms with Crippen molar-refractivity contribution in [1.29, 1.82) is 0 Å². The van der Waals surface area contributed by atoms with Gasteiger partial charge in [-0.05, 0) is 50.6 Å². The SMILES string of the molecule is CCOc1ccc(CN(CC)C(=O)C(C)Nc2nc3ccccc3s2)cc1OC. The van der Waals surface area contributed by atoms with Crippen LogP contribution in [-0.2, 0) is 11.3 Å². The third-order valence-corrected chi connectivity index (χ3v) is 5.57. The number of anilines is 1. The number of methoxy groups -OCH3 is 1. The van der Waals surface area contributed by atoms with Crippen LogP contribution in [0.4, 0.5) is 5.13 Å². The van der Waals surface area contributed by atoms with Gasteiger partial charge in [-0.1, -0.05) is 29.5 Å². The molecule has 1 N–H and O–H groups in total. The molecule has 3 aromatic rings. The maximum atomic E-state index is 13.0. The Labute approximate surface area is 175 Å². The van der Waals surface area contributed by atoms with E-state index in [0.717, 1.165) is 20.9 Å². The average Bonchev–Trinajstić information content (AvgIpc) is 3.14. The summed E-state index contributed by atoms with van der Waals surface area (Å²) in [5, 5.41) is 4.01. The number of carbonyl (C=O) groups is 1. The van der Waals surface area contributed by atoms with Crippen molar-refractivity contribution in [3.8, 4) is 11.5 Å². The molecule has 0 fully saturated rings. The second kappa shape index (κ2) is 9.60. The molecule has 154 valence electrons. The molecule has 1 heterocycles. The summed E-state index contributed by atoms with van der Waals surface area (Å²) in [7, 11) is 1.62. The Hall–Kier alpha value is -2.80. The van der Waals surface area contributed by atoms with E-state index in [9.17, 15) is 4.79 Å². The summed E-state index contributed by atoms with van der Waals surface area (Å²) in [5.41, 5.74) is 1.93. The molecule has 6 nitrogen and oxygen atoms in total. The van der Waals surface area contributed by atoms with Crippen molar-refractivity contribution in [3.05, 3.63) is 48.0 Å². The topological polar surface area (TPSA) is 63.7 Å². The molecule has 0 spiro atoms. The van der Waals surface area contributed by atoms with Gasteiger partial charge in [0.25, 0.3) is 0 Å². The molecule has 0 saturated carbocycles. The number of benzene rings is 2. The minimum Gasteiger partial charge on any atom is -0.493 e. The van der Waals surface area contributed by atoms with Crippen molar-refractivity contribution in [3.63, 3.8) is 0 Å². The number of thiazole rings is 1. The maximum absolute atomic E-state index is 13.0. The normalized spacial score (nSPS) is 11.9. The first-order valence-corrected chi connectivity index (χ1v) is 10.6. The van der Waals surface area contributed by atoms with Gasteiger partial charge in [-0.15, -0.1) is 0 Å². The fourth-order valence-corrected chi connectivity index (χ4v) is 4.06. The molecular formula is C22H27N3O3S. The van der Waals surface area contributed by atoms with Gasteiger partial charge < -0.3 is 19.7 Å². The maximum Gasteiger partial charge on any atom is 0.245 e. The standard InChI is InChI=1S/C22H27N3O3S/c1-5-25(14-16-11-12-18(28-6-2)19(13-16)27-4)21(26)15(3)23-22-24-17-9-7-8-10-20(17)29-22/h7-13,15H,5-6,14H2,1-4H3,(H,23,24). The number of para-hydroxylation sites is 1. The van der Waals surface area contributed by atoms with Crippen molar-refractivity contribution in [2.45, 2.75) is 33.4 Å². The fraction of sp³-hybridized carbons (Fsp3) is 0.364. The van der Waals surface area contributed by atoms with E-state index >= 15 is 0 Å². The van der Waals surface area contributed by atoms with Crippen LogP contribution in [0.3, 0.4) is 0 Å². The molecule has 1 atom stereocenters. The zero-order valence-corrected chi connectivity index (χ0v) is 18.1. The van der Waals surface area contributed by atoms with Crippen LogP contribution in [0, 0.1) is 0 Å². The van der Waals surface area contributed by atoms with Gasteiger partial charge in [0, 0.05) is 13.1 Å². The van der Waals surface area contributed by atoms with E-state index in [0.29, 0.717) is 31.2 Å². The molecule has 1 aromatic heterocycles. The van der Waals surface area contributed by atoms with E-state index in [1.807, 2.05) is 68.1 Å². The first-order valence-electron chi connectivity index (χ1n) is 9.76. The largest absolute Gasteiger partial charge is 0.493 e. The molecule has 0 aliphatic rings. The summed E-state index contributed by atoms with van der Waals surface area (Å²) in [6.07, 6.45) is 0. The third kappa shape index (κ3) is 4.98. The van der Waals surface area contributed by atoms with E-state index in [4.69, 9.17) is 9.47 Å². The summed E-state index contributed by atoms with van der Waals surface area (Å²) in [6, 6.07) is 13.4. The van der Waals surface area contributed by atoms with Crippen LogP contribution in [0.1, 0.15) is 26.3 Å². The number of ether oxygens (including phenoxy) is 2. The average molecular weight is 414 g/mol. The predicted octanol–water partition coefficient (Wildman–Crippen LogP) is 4.55. The van der Waals surface area contributed by atoms with Crippen molar-refractivity contribution in [2.75, 3.05) is 25.6 Å². The van der Waals surface area contributed by atoms with Crippen LogP contribution in [0.5, 0.6) is 11.5 Å². The molecule has 7 heteroatoms. The van der Waals surface area contributed by atoms with Crippen LogP contribution >= 0.6 is 11.3 Å². The molecule has 1 unspecified atom stereocenters. The highest BCUT2D eigenvalue weighted by Crippen LogP contribution is 2.29. The lowest BCUT2D eigenvalue weighted by Gasteiger charge is -2.25. The van der Waals surface area contributed by atoms with Crippen molar-refractivity contribution < 1.29 is 14.3 Å². The third-order valence-electron chi connectivity index (χ3n) is 4.60. The lowest BCUT2D eigenvalue weighted by atomic mass is 10.1. The van der Waals surface area contributed by atoms with Crippen molar-refractivity contribution >= 4 is 32.6 Å². The first-order chi connectivity index (χ1) is 14.0. The number of nitrogens with zero attached hydrogens (tertiary/aromatic N) is 2. The van der Waals surface area contributed by atoms with Crippen LogP contribution in [0.15, 0.2) is 42.5 Å². The molecule has 2 aromatic carbocycles. The lowest BCUT2D eigenvalue weighted by Crippen LogP contribution is -2.40. The van der Waals surface area contributed by atoms with Gasteiger partial charge in [0.15, 0.2) is 16.6 Å². The minimum atomic E-state index is -0.375.